The van der Waals surface area contributed by atoms with E-state index < -0.39 is 5.92 Å². The molecule has 0 radical (unpaired) electrons. The molecule has 1 atom stereocenters. The quantitative estimate of drug-likeness (QED) is 0.455. The Morgan fingerprint density at radius 2 is 2.16 bits per heavy atom. The lowest BCUT2D eigenvalue weighted by Gasteiger charge is -2.19. The highest BCUT2D eigenvalue weighted by molar-refractivity contribution is 7.98. The Hall–Kier alpha value is -1.49. The third kappa shape index (κ3) is 3.73. The average Bonchev–Trinajstić information content (AvgIpc) is 2.43. The van der Waals surface area contributed by atoms with E-state index in [4.69, 9.17) is 4.74 Å². The van der Waals surface area contributed by atoms with Gasteiger partial charge in [-0.25, -0.2) is 0 Å². The molecule has 104 valence electrons. The van der Waals surface area contributed by atoms with Gasteiger partial charge >= 0.3 is 5.97 Å². The molecular formula is C14H19NO3S. The number of carbonyl (C=O) groups is 2. The summed E-state index contributed by atoms with van der Waals surface area (Å²) >= 11 is 1.56. The summed E-state index contributed by atoms with van der Waals surface area (Å²) in [4.78, 5) is 25.5. The monoisotopic (exact) mass is 281 g/mol. The Balaban J connectivity index is 3.22. The fourth-order valence-electron chi connectivity index (χ4n) is 1.85. The van der Waals surface area contributed by atoms with Crippen molar-refractivity contribution in [2.24, 2.45) is 0 Å². The van der Waals surface area contributed by atoms with Gasteiger partial charge in [0.2, 0.25) is 0 Å². The maximum Gasteiger partial charge on any atom is 0.313 e. The summed E-state index contributed by atoms with van der Waals surface area (Å²) < 4.78 is 4.78. The van der Waals surface area contributed by atoms with Crippen molar-refractivity contribution in [2.45, 2.75) is 17.2 Å². The van der Waals surface area contributed by atoms with Gasteiger partial charge in [-0.3, -0.25) is 4.79 Å². The first-order chi connectivity index (χ1) is 9.04. The zero-order valence-corrected chi connectivity index (χ0v) is 12.5. The third-order valence-corrected chi connectivity index (χ3v) is 3.72. The molecular weight excluding hydrogens is 262 g/mol. The van der Waals surface area contributed by atoms with Crippen LogP contribution in [-0.2, 0) is 14.3 Å². The number of rotatable bonds is 6. The van der Waals surface area contributed by atoms with Crippen molar-refractivity contribution in [3.63, 3.8) is 0 Å². The zero-order chi connectivity index (χ0) is 14.4. The summed E-state index contributed by atoms with van der Waals surface area (Å²) in [7, 11) is 5.26. The van der Waals surface area contributed by atoms with Crippen LogP contribution in [0.2, 0.25) is 0 Å². The van der Waals surface area contributed by atoms with E-state index >= 15 is 0 Å². The lowest BCUT2D eigenvalue weighted by molar-refractivity contribution is -0.143. The van der Waals surface area contributed by atoms with Crippen molar-refractivity contribution in [3.8, 4) is 0 Å². The summed E-state index contributed by atoms with van der Waals surface area (Å²) in [6.45, 7) is 0. The van der Waals surface area contributed by atoms with Gasteiger partial charge in [0.05, 0.1) is 13.0 Å². The lowest BCUT2D eigenvalue weighted by Crippen LogP contribution is -2.16. The molecule has 5 heteroatoms. The Labute approximate surface area is 118 Å². The van der Waals surface area contributed by atoms with Crippen LogP contribution < -0.4 is 4.90 Å². The second-order valence-electron chi connectivity index (χ2n) is 4.30. The molecule has 0 aromatic heterocycles. The molecule has 0 heterocycles. The fourth-order valence-corrected chi connectivity index (χ4v) is 2.54. The van der Waals surface area contributed by atoms with Crippen molar-refractivity contribution >= 4 is 29.7 Å². The maximum absolute atomic E-state index is 11.8. The van der Waals surface area contributed by atoms with E-state index in [0.29, 0.717) is 0 Å². The highest BCUT2D eigenvalue weighted by atomic mass is 32.2. The molecule has 1 unspecified atom stereocenters. The van der Waals surface area contributed by atoms with E-state index in [2.05, 4.69) is 0 Å². The molecule has 0 fully saturated rings. The molecule has 0 amide bonds. The second kappa shape index (κ2) is 7.19. The smallest absolute Gasteiger partial charge is 0.313 e. The molecule has 0 saturated heterocycles. The molecule has 1 aromatic carbocycles. The van der Waals surface area contributed by atoms with Crippen LogP contribution in [-0.4, -0.2) is 39.7 Å². The minimum atomic E-state index is -0.527. The van der Waals surface area contributed by atoms with E-state index in [9.17, 15) is 9.59 Å². The number of benzene rings is 1. The van der Waals surface area contributed by atoms with Gasteiger partial charge in [0.1, 0.15) is 6.29 Å². The van der Waals surface area contributed by atoms with Crippen LogP contribution >= 0.6 is 11.8 Å². The van der Waals surface area contributed by atoms with E-state index in [1.165, 1.54) is 7.11 Å². The Morgan fingerprint density at radius 3 is 2.63 bits per heavy atom. The number of ether oxygens (including phenoxy) is 1. The third-order valence-electron chi connectivity index (χ3n) is 2.93. The molecule has 19 heavy (non-hydrogen) atoms. The predicted molar refractivity (Wildman–Crippen MR) is 78.0 cm³/mol. The van der Waals surface area contributed by atoms with Gasteiger partial charge in [-0.15, -0.1) is 11.8 Å². The molecule has 0 aliphatic rings. The molecule has 0 aliphatic heterocycles. The number of thioether (sulfide) groups is 1. The largest absolute Gasteiger partial charge is 0.469 e. The molecule has 0 saturated carbocycles. The van der Waals surface area contributed by atoms with Gasteiger partial charge in [-0.1, -0.05) is 6.07 Å². The van der Waals surface area contributed by atoms with E-state index in [1.807, 2.05) is 43.5 Å². The van der Waals surface area contributed by atoms with Crippen molar-refractivity contribution in [1.29, 1.82) is 0 Å². The Kier molecular flexibility index (Phi) is 5.89. The van der Waals surface area contributed by atoms with Gasteiger partial charge in [-0.2, -0.15) is 0 Å². The summed E-state index contributed by atoms with van der Waals surface area (Å²) in [5, 5.41) is 0. The number of aldehydes is 1. The van der Waals surface area contributed by atoms with Crippen LogP contribution in [0.1, 0.15) is 17.9 Å². The molecule has 1 rings (SSSR count). The molecule has 1 aromatic rings. The number of hydrogen-bond donors (Lipinski definition) is 0. The van der Waals surface area contributed by atoms with Gasteiger partial charge < -0.3 is 14.4 Å². The Morgan fingerprint density at radius 1 is 1.47 bits per heavy atom. The van der Waals surface area contributed by atoms with Gasteiger partial charge in [0.25, 0.3) is 0 Å². The number of nitrogens with zero attached hydrogens (tertiary/aromatic N) is 1. The molecule has 0 N–H and O–H groups in total. The van der Waals surface area contributed by atoms with Crippen LogP contribution in [0.25, 0.3) is 0 Å². The predicted octanol–water partition coefficient (Wildman–Crippen LogP) is 2.32. The van der Waals surface area contributed by atoms with Crippen molar-refractivity contribution in [2.75, 3.05) is 32.4 Å². The van der Waals surface area contributed by atoms with Gasteiger partial charge in [0.15, 0.2) is 0 Å². The molecule has 4 nitrogen and oxygen atoms in total. The zero-order valence-electron chi connectivity index (χ0n) is 11.7. The second-order valence-corrected chi connectivity index (χ2v) is 5.15. The van der Waals surface area contributed by atoms with Crippen LogP contribution in [0.15, 0.2) is 23.1 Å². The number of methoxy groups -OCH3 is 1. The van der Waals surface area contributed by atoms with E-state index in [0.717, 1.165) is 22.4 Å². The average molecular weight is 281 g/mol. The van der Waals surface area contributed by atoms with Crippen molar-refractivity contribution in [3.05, 3.63) is 23.8 Å². The topological polar surface area (TPSA) is 46.6 Å². The fraction of sp³-hybridized carbons (Fsp3) is 0.429. The first-order valence-corrected chi connectivity index (χ1v) is 7.14. The van der Waals surface area contributed by atoms with Gasteiger partial charge in [-0.05, 0) is 24.0 Å². The number of hydrogen-bond acceptors (Lipinski definition) is 5. The van der Waals surface area contributed by atoms with Crippen molar-refractivity contribution in [1.82, 2.24) is 0 Å². The number of anilines is 1. The first kappa shape index (κ1) is 15.6. The number of carbonyl (C=O) groups excluding carboxylic acids is 2. The SMILES string of the molecule is COC(=O)C(CC=O)c1ccc(N(C)C)cc1SC. The van der Waals surface area contributed by atoms with Crippen LogP contribution in [0.5, 0.6) is 0 Å². The minimum Gasteiger partial charge on any atom is -0.469 e. The molecule has 0 spiro atoms. The minimum absolute atomic E-state index is 0.140. The van der Waals surface area contributed by atoms with E-state index in [-0.39, 0.29) is 12.4 Å². The standard InChI is InChI=1S/C14H19NO3S/c1-15(2)10-5-6-11(13(9-10)19-4)12(7-8-16)14(17)18-3/h5-6,8-9,12H,7H2,1-4H3. The highest BCUT2D eigenvalue weighted by Crippen LogP contribution is 2.32. The lowest BCUT2D eigenvalue weighted by atomic mass is 9.96. The van der Waals surface area contributed by atoms with Crippen molar-refractivity contribution < 1.29 is 14.3 Å². The van der Waals surface area contributed by atoms with Crippen LogP contribution in [0.3, 0.4) is 0 Å². The normalized spacial score (nSPS) is 11.8. The maximum atomic E-state index is 11.8. The highest BCUT2D eigenvalue weighted by Gasteiger charge is 2.23. The summed E-state index contributed by atoms with van der Waals surface area (Å²) in [6.07, 6.45) is 2.85. The first-order valence-electron chi connectivity index (χ1n) is 5.91. The summed E-state index contributed by atoms with van der Waals surface area (Å²) in [6, 6.07) is 5.85. The van der Waals surface area contributed by atoms with Crippen LogP contribution in [0, 0.1) is 0 Å². The summed E-state index contributed by atoms with van der Waals surface area (Å²) in [5.41, 5.74) is 1.90. The van der Waals surface area contributed by atoms with Crippen LogP contribution in [0.4, 0.5) is 5.69 Å². The van der Waals surface area contributed by atoms with E-state index in [1.54, 1.807) is 11.8 Å². The number of esters is 1. The Bertz CT molecular complexity index is 460. The van der Waals surface area contributed by atoms with Gasteiger partial charge in [0, 0.05) is 31.1 Å². The summed E-state index contributed by atoms with van der Waals surface area (Å²) in [5.74, 6) is -0.902. The molecule has 0 bridgehead atoms. The molecule has 0 aliphatic carbocycles.